The van der Waals surface area contributed by atoms with Crippen molar-refractivity contribution in [2.45, 2.75) is 0 Å². The van der Waals surface area contributed by atoms with E-state index in [1.807, 2.05) is 0 Å². The molecule has 0 aliphatic heterocycles. The second kappa shape index (κ2) is 5.88. The lowest BCUT2D eigenvalue weighted by atomic mass is 9.89. The number of anilines is 1. The first-order valence-corrected chi connectivity index (χ1v) is 7.00. The van der Waals surface area contributed by atoms with Gasteiger partial charge in [-0.1, -0.05) is 36.4 Å². The number of amides is 1. The molecule has 0 unspecified atom stereocenters. The lowest BCUT2D eigenvalue weighted by Gasteiger charge is -2.16. The van der Waals surface area contributed by atoms with E-state index in [4.69, 9.17) is 10.1 Å². The quantitative estimate of drug-likeness (QED) is 0.856. The van der Waals surface area contributed by atoms with Gasteiger partial charge in [0.2, 0.25) is 5.78 Å². The number of Topliss-reactive ketones (excluding diaryl/α,β-unsaturated/α-hetero) is 1. The second-order valence-corrected chi connectivity index (χ2v) is 5.00. The SMILES string of the molecule is COc1ccccc1NC(=O)C1=Cc2ccccc2C(=N)C1=O. The summed E-state index contributed by atoms with van der Waals surface area (Å²) in [7, 11) is 1.50. The molecule has 0 spiro atoms. The summed E-state index contributed by atoms with van der Waals surface area (Å²) in [4.78, 5) is 24.7. The summed E-state index contributed by atoms with van der Waals surface area (Å²) in [5.41, 5.74) is 1.46. The minimum atomic E-state index is -0.587. The lowest BCUT2D eigenvalue weighted by Crippen LogP contribution is -2.29. The number of carbonyl (C=O) groups is 2. The molecular weight excluding hydrogens is 292 g/mol. The van der Waals surface area contributed by atoms with Gasteiger partial charge in [-0.3, -0.25) is 15.0 Å². The fourth-order valence-corrected chi connectivity index (χ4v) is 2.43. The van der Waals surface area contributed by atoms with Crippen LogP contribution in [0.1, 0.15) is 11.1 Å². The van der Waals surface area contributed by atoms with Crippen molar-refractivity contribution >= 4 is 29.2 Å². The normalized spacial score (nSPS) is 13.2. The number of rotatable bonds is 3. The van der Waals surface area contributed by atoms with Crippen LogP contribution in [0.4, 0.5) is 5.69 Å². The van der Waals surface area contributed by atoms with Crippen LogP contribution in [-0.2, 0) is 9.59 Å². The highest BCUT2D eigenvalue weighted by Gasteiger charge is 2.28. The molecule has 0 radical (unpaired) electrons. The average Bonchev–Trinajstić information content (AvgIpc) is 2.58. The van der Waals surface area contributed by atoms with Gasteiger partial charge in [0.15, 0.2) is 0 Å². The predicted molar refractivity (Wildman–Crippen MR) is 87.9 cm³/mol. The van der Waals surface area contributed by atoms with Crippen LogP contribution in [0.2, 0.25) is 0 Å². The van der Waals surface area contributed by atoms with Crippen LogP contribution in [0.3, 0.4) is 0 Å². The largest absolute Gasteiger partial charge is 0.495 e. The molecule has 5 nitrogen and oxygen atoms in total. The van der Waals surface area contributed by atoms with Crippen molar-refractivity contribution in [1.82, 2.24) is 0 Å². The van der Waals surface area contributed by atoms with Gasteiger partial charge in [0.1, 0.15) is 11.5 Å². The molecule has 0 saturated heterocycles. The first-order chi connectivity index (χ1) is 11.1. The average molecular weight is 306 g/mol. The Kier molecular flexibility index (Phi) is 3.76. The number of carbonyl (C=O) groups excluding carboxylic acids is 2. The minimum absolute atomic E-state index is 0.0559. The molecule has 0 aromatic heterocycles. The number of benzene rings is 2. The third kappa shape index (κ3) is 2.64. The fourth-order valence-electron chi connectivity index (χ4n) is 2.43. The Hall–Kier alpha value is -3.21. The van der Waals surface area contributed by atoms with Crippen molar-refractivity contribution in [3.8, 4) is 5.75 Å². The minimum Gasteiger partial charge on any atom is -0.495 e. The number of nitrogens with one attached hydrogen (secondary N) is 2. The smallest absolute Gasteiger partial charge is 0.259 e. The van der Waals surface area contributed by atoms with E-state index < -0.39 is 11.7 Å². The van der Waals surface area contributed by atoms with Gasteiger partial charge in [-0.25, -0.2) is 0 Å². The zero-order valence-corrected chi connectivity index (χ0v) is 12.4. The van der Waals surface area contributed by atoms with Crippen molar-refractivity contribution in [2.24, 2.45) is 0 Å². The number of hydrogen-bond donors (Lipinski definition) is 2. The van der Waals surface area contributed by atoms with Crippen molar-refractivity contribution in [3.05, 3.63) is 65.2 Å². The zero-order valence-electron chi connectivity index (χ0n) is 12.4. The molecule has 1 aliphatic rings. The first-order valence-electron chi connectivity index (χ1n) is 7.00. The van der Waals surface area contributed by atoms with Crippen LogP contribution in [0, 0.1) is 5.41 Å². The van der Waals surface area contributed by atoms with Gasteiger partial charge >= 0.3 is 0 Å². The summed E-state index contributed by atoms with van der Waals surface area (Å²) in [6.07, 6.45) is 1.51. The van der Waals surface area contributed by atoms with E-state index in [0.717, 1.165) is 0 Å². The molecule has 0 fully saturated rings. The van der Waals surface area contributed by atoms with Gasteiger partial charge in [0.25, 0.3) is 5.91 Å². The number of methoxy groups -OCH3 is 1. The van der Waals surface area contributed by atoms with Crippen LogP contribution >= 0.6 is 0 Å². The first kappa shape index (κ1) is 14.7. The summed E-state index contributed by atoms with van der Waals surface area (Å²) in [5.74, 6) is -0.643. The Morgan fingerprint density at radius 2 is 1.78 bits per heavy atom. The molecule has 0 saturated carbocycles. The lowest BCUT2D eigenvalue weighted by molar-refractivity contribution is -0.116. The summed E-state index contributed by atoms with van der Waals surface area (Å²) in [6, 6.07) is 14.0. The predicted octanol–water partition coefficient (Wildman–Crippen LogP) is 2.67. The Morgan fingerprint density at radius 3 is 2.57 bits per heavy atom. The Labute approximate surface area is 133 Å². The van der Waals surface area contributed by atoms with Gasteiger partial charge < -0.3 is 10.1 Å². The standard InChI is InChI=1S/C18H14N2O3/c1-23-15-9-5-4-8-14(15)20-18(22)13-10-11-6-2-3-7-12(11)16(19)17(13)21/h2-10,19H,1H3,(H,20,22). The van der Waals surface area contributed by atoms with E-state index in [2.05, 4.69) is 5.32 Å². The highest BCUT2D eigenvalue weighted by Crippen LogP contribution is 2.26. The van der Waals surface area contributed by atoms with Gasteiger partial charge in [0.05, 0.1) is 18.4 Å². The molecule has 0 atom stereocenters. The fraction of sp³-hybridized carbons (Fsp3) is 0.0556. The molecule has 0 heterocycles. The Bertz CT molecular complexity index is 853. The van der Waals surface area contributed by atoms with Crippen LogP contribution in [0.5, 0.6) is 5.75 Å². The number of ketones is 1. The number of para-hydroxylation sites is 2. The molecule has 5 heteroatoms. The molecule has 2 N–H and O–H groups in total. The molecule has 1 aliphatic carbocycles. The third-order valence-corrected chi connectivity index (χ3v) is 3.60. The maximum atomic E-state index is 12.4. The van der Waals surface area contributed by atoms with E-state index in [1.165, 1.54) is 13.2 Å². The molecule has 114 valence electrons. The molecule has 2 aromatic carbocycles. The van der Waals surface area contributed by atoms with Crippen molar-refractivity contribution in [1.29, 1.82) is 5.41 Å². The summed E-state index contributed by atoms with van der Waals surface area (Å²) >= 11 is 0. The number of ether oxygens (including phenoxy) is 1. The third-order valence-electron chi connectivity index (χ3n) is 3.60. The van der Waals surface area contributed by atoms with E-state index in [0.29, 0.717) is 22.6 Å². The highest BCUT2D eigenvalue weighted by molar-refractivity contribution is 6.58. The Balaban J connectivity index is 1.95. The maximum Gasteiger partial charge on any atom is 0.259 e. The monoisotopic (exact) mass is 306 g/mol. The molecule has 2 aromatic rings. The summed E-state index contributed by atoms with van der Waals surface area (Å²) < 4.78 is 5.18. The molecule has 23 heavy (non-hydrogen) atoms. The van der Waals surface area contributed by atoms with Crippen LogP contribution < -0.4 is 10.1 Å². The second-order valence-electron chi connectivity index (χ2n) is 5.00. The van der Waals surface area contributed by atoms with Gasteiger partial charge in [-0.15, -0.1) is 0 Å². The van der Waals surface area contributed by atoms with Crippen LogP contribution in [0.15, 0.2) is 54.1 Å². The zero-order chi connectivity index (χ0) is 16.4. The van der Waals surface area contributed by atoms with Crippen molar-refractivity contribution < 1.29 is 14.3 Å². The molecule has 1 amide bonds. The van der Waals surface area contributed by atoms with Crippen LogP contribution in [-0.4, -0.2) is 24.5 Å². The summed E-state index contributed by atoms with van der Waals surface area (Å²) in [6.45, 7) is 0. The Morgan fingerprint density at radius 1 is 1.09 bits per heavy atom. The van der Waals surface area contributed by atoms with E-state index in [1.54, 1.807) is 48.5 Å². The van der Waals surface area contributed by atoms with Gasteiger partial charge in [0, 0.05) is 5.56 Å². The summed E-state index contributed by atoms with van der Waals surface area (Å²) in [5, 5.41) is 10.6. The highest BCUT2D eigenvalue weighted by atomic mass is 16.5. The van der Waals surface area contributed by atoms with E-state index in [9.17, 15) is 9.59 Å². The van der Waals surface area contributed by atoms with Gasteiger partial charge in [-0.2, -0.15) is 0 Å². The van der Waals surface area contributed by atoms with Gasteiger partial charge in [-0.05, 0) is 23.8 Å². The van der Waals surface area contributed by atoms with Crippen LogP contribution in [0.25, 0.3) is 6.08 Å². The topological polar surface area (TPSA) is 79.2 Å². The number of fused-ring (bicyclic) bond motifs is 1. The van der Waals surface area contributed by atoms with E-state index in [-0.39, 0.29) is 11.3 Å². The van der Waals surface area contributed by atoms with Crippen molar-refractivity contribution in [2.75, 3.05) is 12.4 Å². The molecule has 3 rings (SSSR count). The molecular formula is C18H14N2O3. The number of hydrogen-bond acceptors (Lipinski definition) is 4. The molecule has 0 bridgehead atoms. The van der Waals surface area contributed by atoms with E-state index >= 15 is 0 Å². The maximum absolute atomic E-state index is 12.4. The van der Waals surface area contributed by atoms with Crippen molar-refractivity contribution in [3.63, 3.8) is 0 Å².